The van der Waals surface area contributed by atoms with Crippen molar-refractivity contribution in [3.05, 3.63) is 52.2 Å². The number of tetrazole rings is 1. The van der Waals surface area contributed by atoms with E-state index in [4.69, 9.17) is 0 Å². The number of hydrogen-bond acceptors (Lipinski definition) is 6. The highest BCUT2D eigenvalue weighted by atomic mass is 32.1. The summed E-state index contributed by atoms with van der Waals surface area (Å²) in [7, 11) is 0. The molecule has 0 spiro atoms. The molecule has 2 aromatic heterocycles. The molecule has 26 heavy (non-hydrogen) atoms. The summed E-state index contributed by atoms with van der Waals surface area (Å²) in [5.41, 5.74) is 1.34. The van der Waals surface area contributed by atoms with E-state index in [1.54, 1.807) is 11.3 Å². The first-order valence-corrected chi connectivity index (χ1v) is 9.56. The molecule has 0 aliphatic carbocycles. The van der Waals surface area contributed by atoms with E-state index >= 15 is 0 Å². The summed E-state index contributed by atoms with van der Waals surface area (Å²) in [5, 5.41) is 16.2. The van der Waals surface area contributed by atoms with Gasteiger partial charge in [0.15, 0.2) is 0 Å². The number of amides is 1. The standard InChI is InChI=1S/C18H20N6OS/c25-18(16-7-2-1-6-15(16)17-19-21-22-20-17)24-9-4-8-23(10-11-24)13-14-5-3-12-26-14/h1-3,5-7,12H,4,8-11,13H2,(H,19,20,21,22). The molecule has 134 valence electrons. The summed E-state index contributed by atoms with van der Waals surface area (Å²) in [4.78, 5) is 18.8. The second kappa shape index (κ2) is 7.76. The maximum Gasteiger partial charge on any atom is 0.254 e. The van der Waals surface area contributed by atoms with Gasteiger partial charge >= 0.3 is 0 Å². The van der Waals surface area contributed by atoms with Crippen LogP contribution in [0.3, 0.4) is 0 Å². The fraction of sp³-hybridized carbons (Fsp3) is 0.333. The fourth-order valence-electron chi connectivity index (χ4n) is 3.27. The number of rotatable bonds is 4. The Kier molecular flexibility index (Phi) is 5.03. The SMILES string of the molecule is O=C(c1ccccc1-c1nn[nH]n1)N1CCCN(Cc2cccs2)CC1. The average molecular weight is 368 g/mol. The Balaban J connectivity index is 1.47. The molecule has 8 heteroatoms. The van der Waals surface area contributed by atoms with Crippen LogP contribution in [0.1, 0.15) is 21.7 Å². The molecule has 0 atom stereocenters. The predicted octanol–water partition coefficient (Wildman–Crippen LogP) is 2.28. The smallest absolute Gasteiger partial charge is 0.254 e. The van der Waals surface area contributed by atoms with Crippen LogP contribution in [0.2, 0.25) is 0 Å². The highest BCUT2D eigenvalue weighted by Crippen LogP contribution is 2.22. The summed E-state index contributed by atoms with van der Waals surface area (Å²) >= 11 is 1.78. The number of H-pyrrole nitrogens is 1. The van der Waals surface area contributed by atoms with Gasteiger partial charge in [0.2, 0.25) is 5.82 Å². The average Bonchev–Trinajstić information content (AvgIpc) is 3.33. The fourth-order valence-corrected chi connectivity index (χ4v) is 4.01. The molecule has 3 aromatic rings. The largest absolute Gasteiger partial charge is 0.337 e. The predicted molar refractivity (Wildman–Crippen MR) is 99.7 cm³/mol. The van der Waals surface area contributed by atoms with Crippen LogP contribution in [0.25, 0.3) is 11.4 Å². The highest BCUT2D eigenvalue weighted by Gasteiger charge is 2.23. The van der Waals surface area contributed by atoms with Gasteiger partial charge in [-0.2, -0.15) is 5.21 Å². The van der Waals surface area contributed by atoms with Crippen molar-refractivity contribution in [3.63, 3.8) is 0 Å². The molecule has 4 rings (SSSR count). The zero-order chi connectivity index (χ0) is 17.8. The van der Waals surface area contributed by atoms with Gasteiger partial charge in [-0.15, -0.1) is 21.5 Å². The number of aromatic amines is 1. The topological polar surface area (TPSA) is 78.0 Å². The summed E-state index contributed by atoms with van der Waals surface area (Å²) < 4.78 is 0. The molecule has 1 saturated heterocycles. The number of carbonyl (C=O) groups is 1. The molecular weight excluding hydrogens is 348 g/mol. The number of carbonyl (C=O) groups excluding carboxylic acids is 1. The van der Waals surface area contributed by atoms with E-state index in [0.717, 1.165) is 39.1 Å². The summed E-state index contributed by atoms with van der Waals surface area (Å²) in [6, 6.07) is 11.7. The first-order chi connectivity index (χ1) is 12.8. The molecule has 0 bridgehead atoms. The van der Waals surface area contributed by atoms with Gasteiger partial charge in [-0.05, 0) is 29.1 Å². The Bertz CT molecular complexity index is 848. The summed E-state index contributed by atoms with van der Waals surface area (Å²) in [5.74, 6) is 0.478. The Morgan fingerprint density at radius 3 is 2.85 bits per heavy atom. The highest BCUT2D eigenvalue weighted by molar-refractivity contribution is 7.09. The van der Waals surface area contributed by atoms with Gasteiger partial charge in [0.1, 0.15) is 0 Å². The van der Waals surface area contributed by atoms with Gasteiger partial charge in [-0.3, -0.25) is 9.69 Å². The van der Waals surface area contributed by atoms with Crippen molar-refractivity contribution >= 4 is 17.2 Å². The van der Waals surface area contributed by atoms with Crippen LogP contribution in [0, 0.1) is 0 Å². The van der Waals surface area contributed by atoms with Crippen LogP contribution in [-0.4, -0.2) is 62.5 Å². The minimum Gasteiger partial charge on any atom is -0.337 e. The van der Waals surface area contributed by atoms with Gasteiger partial charge in [0, 0.05) is 43.2 Å². The van der Waals surface area contributed by atoms with Gasteiger partial charge in [-0.25, -0.2) is 0 Å². The normalized spacial score (nSPS) is 15.8. The third-order valence-electron chi connectivity index (χ3n) is 4.58. The Morgan fingerprint density at radius 2 is 2.04 bits per heavy atom. The molecular formula is C18H20N6OS. The lowest BCUT2D eigenvalue weighted by Gasteiger charge is -2.22. The van der Waals surface area contributed by atoms with E-state index < -0.39 is 0 Å². The molecule has 0 radical (unpaired) electrons. The van der Waals surface area contributed by atoms with Crippen molar-refractivity contribution in [2.24, 2.45) is 0 Å². The second-order valence-corrected chi connectivity index (χ2v) is 7.31. The quantitative estimate of drug-likeness (QED) is 0.764. The van der Waals surface area contributed by atoms with Gasteiger partial charge in [0.05, 0.1) is 5.56 Å². The van der Waals surface area contributed by atoms with Crippen LogP contribution in [-0.2, 0) is 6.54 Å². The van der Waals surface area contributed by atoms with Crippen molar-refractivity contribution in [3.8, 4) is 11.4 Å². The van der Waals surface area contributed by atoms with E-state index in [-0.39, 0.29) is 5.91 Å². The number of thiophene rings is 1. The third kappa shape index (κ3) is 3.66. The summed E-state index contributed by atoms with van der Waals surface area (Å²) in [6.07, 6.45) is 0.974. The molecule has 1 aliphatic rings. The molecule has 1 N–H and O–H groups in total. The number of nitrogens with one attached hydrogen (secondary N) is 1. The number of benzene rings is 1. The maximum atomic E-state index is 13.1. The molecule has 0 saturated carbocycles. The molecule has 7 nitrogen and oxygen atoms in total. The van der Waals surface area contributed by atoms with E-state index in [0.29, 0.717) is 17.0 Å². The van der Waals surface area contributed by atoms with E-state index in [1.807, 2.05) is 29.2 Å². The van der Waals surface area contributed by atoms with Crippen molar-refractivity contribution < 1.29 is 4.79 Å². The Hall–Kier alpha value is -2.58. The summed E-state index contributed by atoms with van der Waals surface area (Å²) in [6.45, 7) is 4.34. The Labute approximate surface area is 155 Å². The van der Waals surface area contributed by atoms with E-state index in [9.17, 15) is 4.79 Å². The van der Waals surface area contributed by atoms with Crippen LogP contribution in [0.15, 0.2) is 41.8 Å². The molecule has 0 unspecified atom stereocenters. The van der Waals surface area contributed by atoms with Gasteiger partial charge < -0.3 is 4.90 Å². The van der Waals surface area contributed by atoms with Gasteiger partial charge in [0.25, 0.3) is 5.91 Å². The second-order valence-electron chi connectivity index (χ2n) is 6.28. The van der Waals surface area contributed by atoms with E-state index in [2.05, 4.69) is 43.0 Å². The minimum absolute atomic E-state index is 0.0309. The lowest BCUT2D eigenvalue weighted by atomic mass is 10.1. The van der Waals surface area contributed by atoms with Crippen molar-refractivity contribution in [1.29, 1.82) is 0 Å². The number of aromatic nitrogens is 4. The minimum atomic E-state index is 0.0309. The third-order valence-corrected chi connectivity index (χ3v) is 5.44. The van der Waals surface area contributed by atoms with Crippen molar-refractivity contribution in [2.75, 3.05) is 26.2 Å². The lowest BCUT2D eigenvalue weighted by Crippen LogP contribution is -2.35. The van der Waals surface area contributed by atoms with Crippen LogP contribution in [0.4, 0.5) is 0 Å². The molecule has 3 heterocycles. The zero-order valence-electron chi connectivity index (χ0n) is 14.3. The first kappa shape index (κ1) is 16.9. The molecule has 1 fully saturated rings. The number of nitrogens with zero attached hydrogens (tertiary/aromatic N) is 5. The van der Waals surface area contributed by atoms with Crippen molar-refractivity contribution in [1.82, 2.24) is 30.4 Å². The lowest BCUT2D eigenvalue weighted by molar-refractivity contribution is 0.0762. The first-order valence-electron chi connectivity index (χ1n) is 8.68. The maximum absolute atomic E-state index is 13.1. The Morgan fingerprint density at radius 1 is 1.12 bits per heavy atom. The van der Waals surface area contributed by atoms with Crippen molar-refractivity contribution in [2.45, 2.75) is 13.0 Å². The molecule has 1 amide bonds. The van der Waals surface area contributed by atoms with Crippen LogP contribution in [0.5, 0.6) is 0 Å². The molecule has 1 aliphatic heterocycles. The van der Waals surface area contributed by atoms with E-state index in [1.165, 1.54) is 4.88 Å². The monoisotopic (exact) mass is 368 g/mol. The van der Waals surface area contributed by atoms with Crippen LogP contribution < -0.4 is 0 Å². The van der Waals surface area contributed by atoms with Gasteiger partial charge in [-0.1, -0.05) is 24.3 Å². The number of hydrogen-bond donors (Lipinski definition) is 1. The zero-order valence-corrected chi connectivity index (χ0v) is 15.2. The molecule has 1 aromatic carbocycles. The van der Waals surface area contributed by atoms with Crippen LogP contribution >= 0.6 is 11.3 Å².